The molecule has 84 valence electrons. The standard InChI is InChI=1S/C10H22N2O2/c1-7(2)8(11)6-12(9(13)14)10(3,4)5/h7-8H,6,11H2,1-5H3,(H,13,14)/t8-/m0/s1. The Morgan fingerprint density at radius 3 is 2.07 bits per heavy atom. The summed E-state index contributed by atoms with van der Waals surface area (Å²) in [6.45, 7) is 9.98. The number of carboxylic acid groups (broad SMARTS) is 1. The van der Waals surface area contributed by atoms with Crippen molar-refractivity contribution in [1.29, 1.82) is 0 Å². The molecule has 1 amide bonds. The zero-order valence-corrected chi connectivity index (χ0v) is 9.74. The average Bonchev–Trinajstić information content (AvgIpc) is 1.96. The molecule has 4 heteroatoms. The maximum Gasteiger partial charge on any atom is 0.407 e. The Hall–Kier alpha value is -0.770. The van der Waals surface area contributed by atoms with Crippen LogP contribution in [0.1, 0.15) is 34.6 Å². The van der Waals surface area contributed by atoms with Crippen LogP contribution in [0, 0.1) is 5.92 Å². The third-order valence-corrected chi connectivity index (χ3v) is 2.29. The third kappa shape index (κ3) is 3.96. The monoisotopic (exact) mass is 202 g/mol. The highest BCUT2D eigenvalue weighted by atomic mass is 16.4. The molecule has 0 aliphatic carbocycles. The maximum absolute atomic E-state index is 11.0. The summed E-state index contributed by atoms with van der Waals surface area (Å²) < 4.78 is 0. The topological polar surface area (TPSA) is 66.6 Å². The predicted molar refractivity (Wildman–Crippen MR) is 57.3 cm³/mol. The van der Waals surface area contributed by atoms with Gasteiger partial charge in [-0.3, -0.25) is 0 Å². The molecule has 0 spiro atoms. The van der Waals surface area contributed by atoms with Gasteiger partial charge in [-0.25, -0.2) is 4.79 Å². The molecule has 0 aliphatic heterocycles. The first kappa shape index (κ1) is 13.2. The Balaban J connectivity index is 4.48. The summed E-state index contributed by atoms with van der Waals surface area (Å²) in [5.41, 5.74) is 5.46. The van der Waals surface area contributed by atoms with Crippen LogP contribution in [0.5, 0.6) is 0 Å². The first-order valence-electron chi connectivity index (χ1n) is 4.92. The molecule has 0 aromatic heterocycles. The van der Waals surface area contributed by atoms with E-state index in [0.717, 1.165) is 0 Å². The predicted octanol–water partition coefficient (Wildman–Crippen LogP) is 1.75. The SMILES string of the molecule is CC(C)[C@@H](N)CN(C(=O)O)C(C)(C)C. The summed E-state index contributed by atoms with van der Waals surface area (Å²) >= 11 is 0. The quantitative estimate of drug-likeness (QED) is 0.732. The molecule has 4 nitrogen and oxygen atoms in total. The Morgan fingerprint density at radius 2 is 1.86 bits per heavy atom. The molecule has 0 radical (unpaired) electrons. The van der Waals surface area contributed by atoms with Crippen molar-refractivity contribution < 1.29 is 9.90 Å². The maximum atomic E-state index is 11.0. The van der Waals surface area contributed by atoms with Crippen molar-refractivity contribution in [3.05, 3.63) is 0 Å². The molecule has 0 heterocycles. The van der Waals surface area contributed by atoms with Crippen molar-refractivity contribution in [3.63, 3.8) is 0 Å². The van der Waals surface area contributed by atoms with Gasteiger partial charge in [-0.15, -0.1) is 0 Å². The summed E-state index contributed by atoms with van der Waals surface area (Å²) in [7, 11) is 0. The van der Waals surface area contributed by atoms with Crippen molar-refractivity contribution in [2.75, 3.05) is 6.54 Å². The minimum absolute atomic E-state index is 0.106. The molecule has 0 fully saturated rings. The van der Waals surface area contributed by atoms with Crippen LogP contribution in [0.2, 0.25) is 0 Å². The second-order valence-corrected chi connectivity index (χ2v) is 4.97. The van der Waals surface area contributed by atoms with E-state index in [1.54, 1.807) is 0 Å². The number of hydrogen-bond acceptors (Lipinski definition) is 2. The van der Waals surface area contributed by atoms with Crippen molar-refractivity contribution in [3.8, 4) is 0 Å². The molecule has 3 N–H and O–H groups in total. The highest BCUT2D eigenvalue weighted by molar-refractivity contribution is 5.66. The van der Waals surface area contributed by atoms with Crippen LogP contribution < -0.4 is 5.73 Å². The van der Waals surface area contributed by atoms with E-state index in [1.165, 1.54) is 4.90 Å². The Labute approximate surface area is 86.1 Å². The lowest BCUT2D eigenvalue weighted by Crippen LogP contribution is -2.51. The smallest absolute Gasteiger partial charge is 0.407 e. The highest BCUT2D eigenvalue weighted by Crippen LogP contribution is 2.15. The van der Waals surface area contributed by atoms with Crippen LogP contribution in [-0.4, -0.2) is 34.2 Å². The van der Waals surface area contributed by atoms with E-state index in [1.807, 2.05) is 34.6 Å². The number of rotatable bonds is 3. The van der Waals surface area contributed by atoms with E-state index in [0.29, 0.717) is 12.5 Å². The van der Waals surface area contributed by atoms with Gasteiger partial charge in [0.15, 0.2) is 0 Å². The van der Waals surface area contributed by atoms with Gasteiger partial charge in [0.05, 0.1) is 0 Å². The van der Waals surface area contributed by atoms with Gasteiger partial charge >= 0.3 is 6.09 Å². The molecule has 0 rings (SSSR count). The van der Waals surface area contributed by atoms with Gasteiger partial charge in [0.25, 0.3) is 0 Å². The Kier molecular flexibility index (Phi) is 4.39. The van der Waals surface area contributed by atoms with E-state index in [4.69, 9.17) is 10.8 Å². The first-order chi connectivity index (χ1) is 6.16. The first-order valence-corrected chi connectivity index (χ1v) is 4.92. The van der Waals surface area contributed by atoms with Gasteiger partial charge in [0.1, 0.15) is 0 Å². The number of amides is 1. The van der Waals surface area contributed by atoms with Gasteiger partial charge in [-0.2, -0.15) is 0 Å². The van der Waals surface area contributed by atoms with Crippen molar-refractivity contribution in [2.45, 2.75) is 46.2 Å². The second-order valence-electron chi connectivity index (χ2n) is 4.97. The van der Waals surface area contributed by atoms with Gasteiger partial charge in [-0.05, 0) is 26.7 Å². The summed E-state index contributed by atoms with van der Waals surface area (Å²) in [6.07, 6.45) is -0.909. The molecule has 14 heavy (non-hydrogen) atoms. The molecule has 0 aliphatic rings. The molecular weight excluding hydrogens is 180 g/mol. The fraction of sp³-hybridized carbons (Fsp3) is 0.900. The van der Waals surface area contributed by atoms with Crippen LogP contribution in [0.15, 0.2) is 0 Å². The van der Waals surface area contributed by atoms with Gasteiger partial charge < -0.3 is 15.7 Å². The molecule has 0 saturated carbocycles. The lowest BCUT2D eigenvalue weighted by Gasteiger charge is -2.35. The Morgan fingerprint density at radius 1 is 1.43 bits per heavy atom. The normalized spacial score (nSPS) is 14.2. The highest BCUT2D eigenvalue weighted by Gasteiger charge is 2.28. The number of hydrogen-bond donors (Lipinski definition) is 2. The largest absolute Gasteiger partial charge is 0.465 e. The lowest BCUT2D eigenvalue weighted by atomic mass is 10.0. The number of carbonyl (C=O) groups is 1. The molecular formula is C10H22N2O2. The summed E-state index contributed by atoms with van der Waals surface area (Å²) in [5.74, 6) is 0.291. The molecule has 0 bridgehead atoms. The van der Waals surface area contributed by atoms with Crippen LogP contribution in [0.25, 0.3) is 0 Å². The van der Waals surface area contributed by atoms with Gasteiger partial charge in [0, 0.05) is 18.1 Å². The third-order valence-electron chi connectivity index (χ3n) is 2.29. The van der Waals surface area contributed by atoms with Crippen LogP contribution in [-0.2, 0) is 0 Å². The number of nitrogens with zero attached hydrogens (tertiary/aromatic N) is 1. The van der Waals surface area contributed by atoms with Gasteiger partial charge in [0.2, 0.25) is 0 Å². The fourth-order valence-corrected chi connectivity index (χ4v) is 1.06. The molecule has 0 aromatic rings. The van der Waals surface area contributed by atoms with Gasteiger partial charge in [-0.1, -0.05) is 13.8 Å². The average molecular weight is 202 g/mol. The molecule has 1 atom stereocenters. The van der Waals surface area contributed by atoms with E-state index in [9.17, 15) is 4.79 Å². The minimum Gasteiger partial charge on any atom is -0.465 e. The lowest BCUT2D eigenvalue weighted by molar-refractivity contribution is 0.0925. The fourth-order valence-electron chi connectivity index (χ4n) is 1.06. The number of nitrogens with two attached hydrogens (primary N) is 1. The molecule has 0 unspecified atom stereocenters. The van der Waals surface area contributed by atoms with E-state index < -0.39 is 11.6 Å². The zero-order chi connectivity index (χ0) is 11.5. The summed E-state index contributed by atoms with van der Waals surface area (Å²) in [4.78, 5) is 12.4. The zero-order valence-electron chi connectivity index (χ0n) is 9.74. The van der Waals surface area contributed by atoms with E-state index in [2.05, 4.69) is 0 Å². The molecule has 0 saturated heterocycles. The van der Waals surface area contributed by atoms with Crippen molar-refractivity contribution in [1.82, 2.24) is 4.90 Å². The Bertz CT molecular complexity index is 197. The summed E-state index contributed by atoms with van der Waals surface area (Å²) in [6, 6.07) is -0.106. The van der Waals surface area contributed by atoms with E-state index >= 15 is 0 Å². The van der Waals surface area contributed by atoms with Crippen LogP contribution >= 0.6 is 0 Å². The molecule has 0 aromatic carbocycles. The van der Waals surface area contributed by atoms with E-state index in [-0.39, 0.29) is 6.04 Å². The van der Waals surface area contributed by atoms with Crippen LogP contribution in [0.3, 0.4) is 0 Å². The minimum atomic E-state index is -0.909. The van der Waals surface area contributed by atoms with Crippen LogP contribution in [0.4, 0.5) is 4.79 Å². The van der Waals surface area contributed by atoms with Crippen molar-refractivity contribution >= 4 is 6.09 Å². The second kappa shape index (κ2) is 4.64. The summed E-state index contributed by atoms with van der Waals surface area (Å²) in [5, 5.41) is 9.01. The van der Waals surface area contributed by atoms with Crippen molar-refractivity contribution in [2.24, 2.45) is 11.7 Å².